The van der Waals surface area contributed by atoms with Crippen LogP contribution < -0.4 is 14.8 Å². The summed E-state index contributed by atoms with van der Waals surface area (Å²) >= 11 is 0. The summed E-state index contributed by atoms with van der Waals surface area (Å²) in [6.07, 6.45) is -2.22. The molecular weight excluding hydrogens is 435 g/mol. The summed E-state index contributed by atoms with van der Waals surface area (Å²) in [5, 5.41) is 7.03. The molecule has 0 radical (unpaired) electrons. The molecule has 0 unspecified atom stereocenters. The Labute approximate surface area is 186 Å². The predicted octanol–water partition coefficient (Wildman–Crippen LogP) is 6.07. The molecule has 2 heterocycles. The molecule has 5 rings (SSSR count). The van der Waals surface area contributed by atoms with E-state index in [1.807, 2.05) is 31.2 Å². The quantitative estimate of drug-likeness (QED) is 0.411. The van der Waals surface area contributed by atoms with Gasteiger partial charge in [-0.3, -0.25) is 0 Å². The maximum Gasteiger partial charge on any atom is 0.586 e. The summed E-state index contributed by atoms with van der Waals surface area (Å²) in [7, 11) is 0. The van der Waals surface area contributed by atoms with E-state index in [1.54, 1.807) is 12.1 Å². The van der Waals surface area contributed by atoms with Crippen LogP contribution in [0.25, 0.3) is 22.4 Å². The number of rotatable bonds is 3. The summed E-state index contributed by atoms with van der Waals surface area (Å²) in [6.45, 7) is 1.96. The van der Waals surface area contributed by atoms with Crippen LogP contribution in [0.5, 0.6) is 11.5 Å². The zero-order valence-electron chi connectivity index (χ0n) is 17.2. The number of anilines is 1. The lowest BCUT2D eigenvalue weighted by Gasteiger charge is -2.05. The van der Waals surface area contributed by atoms with Gasteiger partial charge >= 0.3 is 12.3 Å². The van der Waals surface area contributed by atoms with Gasteiger partial charge in [0.2, 0.25) is 0 Å². The molecule has 0 bridgehead atoms. The van der Waals surface area contributed by atoms with Crippen molar-refractivity contribution in [3.8, 4) is 33.9 Å². The van der Waals surface area contributed by atoms with Gasteiger partial charge in [-0.25, -0.2) is 9.18 Å². The maximum atomic E-state index is 13.4. The van der Waals surface area contributed by atoms with Crippen LogP contribution in [0.4, 0.5) is 23.7 Å². The number of aromatic nitrogens is 2. The molecule has 33 heavy (non-hydrogen) atoms. The molecule has 3 aromatic carbocycles. The van der Waals surface area contributed by atoms with Gasteiger partial charge < -0.3 is 14.8 Å². The molecule has 0 saturated heterocycles. The van der Waals surface area contributed by atoms with Gasteiger partial charge in [-0.2, -0.15) is 9.78 Å². The average Bonchev–Trinajstić information content (AvgIpc) is 3.34. The second-order valence-electron chi connectivity index (χ2n) is 7.47. The van der Waals surface area contributed by atoms with E-state index in [0.29, 0.717) is 16.8 Å². The fourth-order valence-corrected chi connectivity index (χ4v) is 3.45. The maximum absolute atomic E-state index is 13.4. The molecular formula is C24H16F3N3O3. The summed E-state index contributed by atoms with van der Waals surface area (Å²) in [6, 6.07) is 16.8. The molecule has 0 spiro atoms. The highest BCUT2D eigenvalue weighted by molar-refractivity contribution is 5.93. The smallest absolute Gasteiger partial charge is 0.395 e. The largest absolute Gasteiger partial charge is 0.586 e. The molecule has 4 aromatic rings. The number of carbonyl (C=O) groups is 1. The Hall–Kier alpha value is -4.27. The second kappa shape index (κ2) is 7.70. The molecule has 6 nitrogen and oxygen atoms in total. The number of nitrogens with one attached hydrogen (secondary N) is 1. The van der Waals surface area contributed by atoms with Gasteiger partial charge in [-0.05, 0) is 36.8 Å². The number of amides is 1. The van der Waals surface area contributed by atoms with Crippen molar-refractivity contribution in [2.75, 3.05) is 5.32 Å². The van der Waals surface area contributed by atoms with Crippen molar-refractivity contribution in [3.63, 3.8) is 0 Å². The minimum atomic E-state index is -3.75. The third-order valence-corrected chi connectivity index (χ3v) is 5.06. The lowest BCUT2D eigenvalue weighted by Crippen LogP contribution is -2.25. The summed E-state index contributed by atoms with van der Waals surface area (Å²) in [5.41, 5.74) is 3.89. The molecule has 0 aliphatic carbocycles. The van der Waals surface area contributed by atoms with Gasteiger partial charge in [0.05, 0.1) is 0 Å². The molecule has 9 heteroatoms. The van der Waals surface area contributed by atoms with Crippen LogP contribution in [0, 0.1) is 12.7 Å². The van der Waals surface area contributed by atoms with E-state index in [-0.39, 0.29) is 23.0 Å². The molecule has 1 aromatic heterocycles. The highest BCUT2D eigenvalue weighted by atomic mass is 19.3. The molecule has 166 valence electrons. The van der Waals surface area contributed by atoms with E-state index >= 15 is 0 Å². The van der Waals surface area contributed by atoms with Gasteiger partial charge in [-0.1, -0.05) is 42.0 Å². The van der Waals surface area contributed by atoms with E-state index < -0.39 is 12.3 Å². The number of ether oxygens (including phenoxy) is 2. The van der Waals surface area contributed by atoms with Crippen molar-refractivity contribution < 1.29 is 27.4 Å². The zero-order valence-corrected chi connectivity index (χ0v) is 17.2. The fraction of sp³-hybridized carbons (Fsp3) is 0.0833. The van der Waals surface area contributed by atoms with Crippen LogP contribution in [-0.4, -0.2) is 22.1 Å². The lowest BCUT2D eigenvalue weighted by molar-refractivity contribution is -0.286. The molecule has 1 N–H and O–H groups in total. The summed E-state index contributed by atoms with van der Waals surface area (Å²) in [4.78, 5) is 12.9. The number of benzene rings is 3. The lowest BCUT2D eigenvalue weighted by atomic mass is 10.0. The normalized spacial score (nSPS) is 13.7. The van der Waals surface area contributed by atoms with Crippen molar-refractivity contribution in [2.45, 2.75) is 13.2 Å². The number of halogens is 3. The first-order valence-corrected chi connectivity index (χ1v) is 9.91. The Balaban J connectivity index is 1.48. The Morgan fingerprint density at radius 3 is 2.33 bits per heavy atom. The Kier molecular flexibility index (Phi) is 4.81. The minimum Gasteiger partial charge on any atom is -0.395 e. The third kappa shape index (κ3) is 4.12. The van der Waals surface area contributed by atoms with Crippen LogP contribution in [-0.2, 0) is 0 Å². The Morgan fingerprint density at radius 1 is 0.939 bits per heavy atom. The highest BCUT2D eigenvalue weighted by Gasteiger charge is 2.43. The van der Waals surface area contributed by atoms with Gasteiger partial charge in [0.15, 0.2) is 11.5 Å². The fourth-order valence-electron chi connectivity index (χ4n) is 3.45. The van der Waals surface area contributed by atoms with E-state index in [9.17, 15) is 18.0 Å². The van der Waals surface area contributed by atoms with Crippen molar-refractivity contribution in [3.05, 3.63) is 84.3 Å². The average molecular weight is 451 g/mol. The monoisotopic (exact) mass is 451 g/mol. The molecule has 1 aliphatic heterocycles. The number of carbonyl (C=O) groups excluding carboxylic acids is 1. The van der Waals surface area contributed by atoms with Crippen LogP contribution in [0.3, 0.4) is 0 Å². The number of fused-ring (bicyclic) bond motifs is 1. The number of nitrogens with zero attached hydrogens (tertiary/aromatic N) is 2. The van der Waals surface area contributed by atoms with E-state index in [4.69, 9.17) is 0 Å². The molecule has 1 amide bonds. The van der Waals surface area contributed by atoms with Gasteiger partial charge in [-0.15, -0.1) is 8.78 Å². The van der Waals surface area contributed by atoms with E-state index in [2.05, 4.69) is 19.9 Å². The van der Waals surface area contributed by atoms with Crippen molar-refractivity contribution >= 4 is 11.7 Å². The highest BCUT2D eigenvalue weighted by Crippen LogP contribution is 2.42. The van der Waals surface area contributed by atoms with Crippen LogP contribution >= 0.6 is 0 Å². The SMILES string of the molecule is Cc1ccc(-c2nn(C(=O)Nc3ccc4c(c3)OC(F)(F)O4)cc2-c2ccc(F)cc2)cc1. The van der Waals surface area contributed by atoms with Gasteiger partial charge in [0, 0.05) is 29.1 Å². The number of hydrogen-bond donors (Lipinski definition) is 1. The number of alkyl halides is 2. The first-order valence-electron chi connectivity index (χ1n) is 9.91. The van der Waals surface area contributed by atoms with E-state index in [0.717, 1.165) is 15.8 Å². The van der Waals surface area contributed by atoms with Crippen molar-refractivity contribution in [1.29, 1.82) is 0 Å². The molecule has 0 fully saturated rings. The molecule has 1 aliphatic rings. The van der Waals surface area contributed by atoms with Crippen molar-refractivity contribution in [1.82, 2.24) is 9.78 Å². The zero-order chi connectivity index (χ0) is 23.2. The van der Waals surface area contributed by atoms with Gasteiger partial charge in [0.25, 0.3) is 0 Å². The third-order valence-electron chi connectivity index (χ3n) is 5.06. The minimum absolute atomic E-state index is 0.127. The molecule has 0 atom stereocenters. The van der Waals surface area contributed by atoms with Crippen molar-refractivity contribution in [2.24, 2.45) is 0 Å². The standard InChI is InChI=1S/C24H16F3N3O3/c1-14-2-4-16(5-3-14)22-19(15-6-8-17(25)9-7-15)13-30(29-22)23(31)28-18-10-11-20-21(12-18)33-24(26,27)32-20/h2-13H,1H3,(H,28,31). The van der Waals surface area contributed by atoms with Crippen LogP contribution in [0.1, 0.15) is 5.56 Å². The predicted molar refractivity (Wildman–Crippen MR) is 115 cm³/mol. The Morgan fingerprint density at radius 2 is 1.61 bits per heavy atom. The van der Waals surface area contributed by atoms with Crippen LogP contribution in [0.2, 0.25) is 0 Å². The number of hydrogen-bond acceptors (Lipinski definition) is 4. The number of aryl methyl sites for hydroxylation is 1. The Bertz CT molecular complexity index is 1290. The summed E-state index contributed by atoms with van der Waals surface area (Å²) < 4.78 is 49.8. The summed E-state index contributed by atoms with van der Waals surface area (Å²) in [5.74, 6) is -0.697. The first kappa shape index (κ1) is 20.6. The van der Waals surface area contributed by atoms with E-state index in [1.165, 1.54) is 36.5 Å². The second-order valence-corrected chi connectivity index (χ2v) is 7.47. The van der Waals surface area contributed by atoms with Gasteiger partial charge in [0.1, 0.15) is 11.5 Å². The molecule has 0 saturated carbocycles. The topological polar surface area (TPSA) is 65.4 Å². The van der Waals surface area contributed by atoms with Crippen LogP contribution in [0.15, 0.2) is 72.9 Å². The first-order chi connectivity index (χ1) is 15.8.